The van der Waals surface area contributed by atoms with Crippen molar-refractivity contribution in [3.05, 3.63) is 58.7 Å². The number of rotatable bonds is 6. The van der Waals surface area contributed by atoms with Gasteiger partial charge in [-0.15, -0.1) is 0 Å². The van der Waals surface area contributed by atoms with Crippen LogP contribution in [-0.2, 0) is 9.09 Å². The van der Waals surface area contributed by atoms with Crippen molar-refractivity contribution in [1.82, 2.24) is 0 Å². The maximum Gasteiger partial charge on any atom is 0.391 e. The van der Waals surface area contributed by atoms with Gasteiger partial charge in [-0.1, -0.05) is 30.4 Å². The standard InChI is InChI=1S/C14H14NO5PS/c1-2-19-21(18,13-5-3-4-6-14(13)22)20-12-9-7-11(8-10-12)15(16)17/h3-10,13H,2H2,1H3/t13-,21-/m0/s1. The third-order valence-corrected chi connectivity index (χ3v) is 5.67. The molecule has 22 heavy (non-hydrogen) atoms. The number of thiocarbonyl (C=S) groups is 1. The van der Waals surface area contributed by atoms with E-state index in [1.807, 2.05) is 0 Å². The van der Waals surface area contributed by atoms with Gasteiger partial charge in [-0.3, -0.25) is 14.6 Å². The molecule has 0 saturated carbocycles. The highest BCUT2D eigenvalue weighted by atomic mass is 32.1. The van der Waals surface area contributed by atoms with Crippen LogP contribution in [0.25, 0.3) is 0 Å². The third kappa shape index (κ3) is 3.68. The molecule has 0 N–H and O–H groups in total. The van der Waals surface area contributed by atoms with Gasteiger partial charge in [-0.25, -0.2) is 4.57 Å². The zero-order chi connectivity index (χ0) is 16.2. The number of non-ortho nitro benzene ring substituents is 1. The van der Waals surface area contributed by atoms with Crippen molar-refractivity contribution in [1.29, 1.82) is 0 Å². The van der Waals surface area contributed by atoms with E-state index < -0.39 is 18.2 Å². The summed E-state index contributed by atoms with van der Waals surface area (Å²) in [5, 5.41) is 10.6. The Kier molecular flexibility index (Phi) is 5.24. The summed E-state index contributed by atoms with van der Waals surface area (Å²) >= 11 is 5.20. The molecule has 0 spiro atoms. The van der Waals surface area contributed by atoms with Crippen LogP contribution in [0.4, 0.5) is 5.69 Å². The lowest BCUT2D eigenvalue weighted by atomic mass is 10.2. The summed E-state index contributed by atoms with van der Waals surface area (Å²) in [5.41, 5.74) is -0.725. The molecule has 0 saturated heterocycles. The number of nitro benzene ring substituents is 1. The molecule has 1 aromatic rings. The normalized spacial score (nSPS) is 19.7. The van der Waals surface area contributed by atoms with Gasteiger partial charge < -0.3 is 4.52 Å². The van der Waals surface area contributed by atoms with E-state index in [0.29, 0.717) is 4.86 Å². The average Bonchev–Trinajstić information content (AvgIpc) is 2.48. The van der Waals surface area contributed by atoms with E-state index in [-0.39, 0.29) is 18.0 Å². The fraction of sp³-hybridized carbons (Fsp3) is 0.214. The molecule has 8 heteroatoms. The first-order chi connectivity index (χ1) is 10.5. The highest BCUT2D eigenvalue weighted by Crippen LogP contribution is 2.54. The Balaban J connectivity index is 2.26. The second kappa shape index (κ2) is 6.96. The Morgan fingerprint density at radius 1 is 1.32 bits per heavy atom. The second-order valence-corrected chi connectivity index (χ2v) is 6.94. The minimum absolute atomic E-state index is 0.0744. The number of benzene rings is 1. The topological polar surface area (TPSA) is 78.7 Å². The molecule has 2 rings (SSSR count). The highest BCUT2D eigenvalue weighted by Gasteiger charge is 2.38. The van der Waals surface area contributed by atoms with E-state index >= 15 is 0 Å². The van der Waals surface area contributed by atoms with Crippen LogP contribution in [0.5, 0.6) is 5.75 Å². The number of nitrogens with zero attached hydrogens (tertiary/aromatic N) is 1. The Morgan fingerprint density at radius 3 is 2.55 bits per heavy atom. The van der Waals surface area contributed by atoms with E-state index in [0.717, 1.165) is 0 Å². The van der Waals surface area contributed by atoms with Crippen LogP contribution in [0.15, 0.2) is 48.6 Å². The summed E-state index contributed by atoms with van der Waals surface area (Å²) in [4.78, 5) is 10.6. The monoisotopic (exact) mass is 339 g/mol. The minimum Gasteiger partial charge on any atom is -0.424 e. The van der Waals surface area contributed by atoms with Crippen LogP contribution < -0.4 is 4.52 Å². The first-order valence-corrected chi connectivity index (χ1v) is 8.55. The predicted octanol–water partition coefficient (Wildman–Crippen LogP) is 4.07. The summed E-state index contributed by atoms with van der Waals surface area (Å²) < 4.78 is 23.9. The molecule has 0 amide bonds. The molecule has 0 unspecified atom stereocenters. The molecule has 0 aromatic heterocycles. The maximum atomic E-state index is 13.0. The summed E-state index contributed by atoms with van der Waals surface area (Å²) in [6.45, 7) is 1.90. The summed E-state index contributed by atoms with van der Waals surface area (Å²) in [6.07, 6.45) is 6.82. The van der Waals surface area contributed by atoms with Crippen LogP contribution in [0.1, 0.15) is 6.92 Å². The molecule has 0 heterocycles. The molecule has 1 aliphatic carbocycles. The van der Waals surface area contributed by atoms with Gasteiger partial charge in [0.05, 0.1) is 11.5 Å². The number of nitro groups is 1. The molecular weight excluding hydrogens is 325 g/mol. The third-order valence-electron chi connectivity index (χ3n) is 2.89. The van der Waals surface area contributed by atoms with E-state index in [9.17, 15) is 14.7 Å². The van der Waals surface area contributed by atoms with Gasteiger partial charge in [-0.2, -0.15) is 0 Å². The molecule has 6 nitrogen and oxygen atoms in total. The Labute approximate surface area is 133 Å². The molecule has 0 fully saturated rings. The van der Waals surface area contributed by atoms with Crippen molar-refractivity contribution in [3.63, 3.8) is 0 Å². The number of hydrogen-bond acceptors (Lipinski definition) is 6. The lowest BCUT2D eigenvalue weighted by molar-refractivity contribution is -0.384. The van der Waals surface area contributed by atoms with Gasteiger partial charge in [0.2, 0.25) is 0 Å². The summed E-state index contributed by atoms with van der Waals surface area (Å²) in [6, 6.07) is 5.32. The van der Waals surface area contributed by atoms with Gasteiger partial charge in [0.1, 0.15) is 11.4 Å². The van der Waals surface area contributed by atoms with E-state index in [4.69, 9.17) is 21.3 Å². The fourth-order valence-electron chi connectivity index (χ4n) is 1.89. The van der Waals surface area contributed by atoms with Crippen molar-refractivity contribution < 1.29 is 18.5 Å². The van der Waals surface area contributed by atoms with Crippen LogP contribution in [0.3, 0.4) is 0 Å². The summed E-state index contributed by atoms with van der Waals surface area (Å²) in [7, 11) is -3.56. The molecule has 0 radical (unpaired) electrons. The van der Waals surface area contributed by atoms with Gasteiger partial charge in [-0.05, 0) is 25.1 Å². The largest absolute Gasteiger partial charge is 0.424 e. The molecular formula is C14H14NO5PS. The number of hydrogen-bond donors (Lipinski definition) is 0. The number of allylic oxidation sites excluding steroid dienone is 4. The first-order valence-electron chi connectivity index (χ1n) is 6.53. The summed E-state index contributed by atoms with van der Waals surface area (Å²) in [5.74, 6) is 0.230. The van der Waals surface area contributed by atoms with E-state index in [1.54, 1.807) is 31.2 Å². The van der Waals surface area contributed by atoms with Gasteiger partial charge in [0.15, 0.2) is 0 Å². The predicted molar refractivity (Wildman–Crippen MR) is 87.6 cm³/mol. The van der Waals surface area contributed by atoms with E-state index in [2.05, 4.69) is 0 Å². The van der Waals surface area contributed by atoms with Gasteiger partial charge >= 0.3 is 7.60 Å². The van der Waals surface area contributed by atoms with Crippen LogP contribution in [0, 0.1) is 10.1 Å². The average molecular weight is 339 g/mol. The molecule has 0 bridgehead atoms. The lowest BCUT2D eigenvalue weighted by Crippen LogP contribution is -2.21. The first kappa shape index (κ1) is 16.5. The SMILES string of the molecule is CCO[P@](=O)(Oc1ccc([N+](=O)[O-])cc1)[C@H]1C=CC=CC1=S. The van der Waals surface area contributed by atoms with Crippen molar-refractivity contribution in [3.8, 4) is 5.75 Å². The highest BCUT2D eigenvalue weighted by molar-refractivity contribution is 7.82. The zero-order valence-electron chi connectivity index (χ0n) is 11.7. The van der Waals surface area contributed by atoms with Crippen molar-refractivity contribution in [2.75, 3.05) is 6.61 Å². The van der Waals surface area contributed by atoms with Crippen molar-refractivity contribution in [2.45, 2.75) is 12.6 Å². The quantitative estimate of drug-likeness (QED) is 0.336. The Hall–Kier alpha value is -1.82. The van der Waals surface area contributed by atoms with Crippen LogP contribution in [-0.4, -0.2) is 22.1 Å². The smallest absolute Gasteiger partial charge is 0.391 e. The Bertz CT molecular complexity index is 683. The van der Waals surface area contributed by atoms with Crippen LogP contribution in [0.2, 0.25) is 0 Å². The molecule has 2 atom stereocenters. The minimum atomic E-state index is -3.56. The maximum absolute atomic E-state index is 13.0. The zero-order valence-corrected chi connectivity index (χ0v) is 13.5. The van der Waals surface area contributed by atoms with E-state index in [1.165, 1.54) is 24.3 Å². The molecule has 116 valence electrons. The van der Waals surface area contributed by atoms with Crippen LogP contribution >= 0.6 is 19.8 Å². The van der Waals surface area contributed by atoms with Gasteiger partial charge in [0.25, 0.3) is 5.69 Å². The molecule has 1 aliphatic rings. The molecule has 1 aromatic carbocycles. The lowest BCUT2D eigenvalue weighted by Gasteiger charge is -2.25. The van der Waals surface area contributed by atoms with Crippen molar-refractivity contribution >= 4 is 30.4 Å². The van der Waals surface area contributed by atoms with Crippen molar-refractivity contribution in [2.24, 2.45) is 0 Å². The van der Waals surface area contributed by atoms with Gasteiger partial charge in [0, 0.05) is 17.0 Å². The second-order valence-electron chi connectivity index (χ2n) is 4.39. The molecule has 0 aliphatic heterocycles. The Morgan fingerprint density at radius 2 is 2.00 bits per heavy atom. The fourth-order valence-corrected chi connectivity index (χ4v) is 4.25.